The summed E-state index contributed by atoms with van der Waals surface area (Å²) in [6.07, 6.45) is 6.69. The van der Waals surface area contributed by atoms with Crippen molar-refractivity contribution in [3.63, 3.8) is 0 Å². The molecule has 1 unspecified atom stereocenters. The van der Waals surface area contributed by atoms with Crippen LogP contribution in [0.1, 0.15) is 52.4 Å². The molecular formula is C15H28N2O. The van der Waals surface area contributed by atoms with Crippen molar-refractivity contribution in [3.8, 4) is 0 Å². The molecule has 0 aromatic rings. The van der Waals surface area contributed by atoms with Gasteiger partial charge in [-0.1, -0.05) is 20.3 Å². The molecule has 1 amide bonds. The first-order chi connectivity index (χ1) is 8.63. The molecule has 0 saturated carbocycles. The van der Waals surface area contributed by atoms with E-state index in [1.54, 1.807) is 0 Å². The van der Waals surface area contributed by atoms with Gasteiger partial charge in [0.2, 0.25) is 5.91 Å². The van der Waals surface area contributed by atoms with Gasteiger partial charge in [0, 0.05) is 19.5 Å². The maximum absolute atomic E-state index is 12.2. The van der Waals surface area contributed by atoms with Gasteiger partial charge >= 0.3 is 0 Å². The number of nitrogens with one attached hydrogen (secondary N) is 1. The van der Waals surface area contributed by atoms with Crippen molar-refractivity contribution in [2.24, 2.45) is 11.3 Å². The van der Waals surface area contributed by atoms with E-state index in [1.807, 2.05) is 0 Å². The highest BCUT2D eigenvalue weighted by Crippen LogP contribution is 2.34. The molecule has 0 bridgehead atoms. The van der Waals surface area contributed by atoms with Gasteiger partial charge in [-0.05, 0) is 50.1 Å². The van der Waals surface area contributed by atoms with Crippen molar-refractivity contribution in [2.75, 3.05) is 26.2 Å². The quantitative estimate of drug-likeness (QED) is 0.833. The Labute approximate surface area is 111 Å². The molecule has 1 N–H and O–H groups in total. The third-order valence-electron chi connectivity index (χ3n) is 5.11. The molecule has 104 valence electrons. The number of carbonyl (C=O) groups excluding carboxylic acids is 1. The summed E-state index contributed by atoms with van der Waals surface area (Å²) in [5.74, 6) is 1.12. The van der Waals surface area contributed by atoms with Gasteiger partial charge in [-0.25, -0.2) is 0 Å². The van der Waals surface area contributed by atoms with Gasteiger partial charge in [-0.3, -0.25) is 4.79 Å². The number of hydrogen-bond acceptors (Lipinski definition) is 2. The molecule has 2 aliphatic heterocycles. The molecule has 0 radical (unpaired) electrons. The van der Waals surface area contributed by atoms with Crippen LogP contribution in [0.3, 0.4) is 0 Å². The molecule has 2 saturated heterocycles. The van der Waals surface area contributed by atoms with Crippen LogP contribution in [0.5, 0.6) is 0 Å². The van der Waals surface area contributed by atoms with E-state index in [-0.39, 0.29) is 0 Å². The number of likely N-dealkylation sites (tertiary alicyclic amines) is 1. The fourth-order valence-electron chi connectivity index (χ4n) is 3.10. The first kappa shape index (κ1) is 13.9. The predicted octanol–water partition coefficient (Wildman–Crippen LogP) is 2.41. The average Bonchev–Trinajstić information content (AvgIpc) is 2.90. The van der Waals surface area contributed by atoms with Crippen molar-refractivity contribution >= 4 is 5.91 Å². The summed E-state index contributed by atoms with van der Waals surface area (Å²) >= 11 is 0. The summed E-state index contributed by atoms with van der Waals surface area (Å²) in [5.41, 5.74) is 0.478. The smallest absolute Gasteiger partial charge is 0.222 e. The molecular weight excluding hydrogens is 224 g/mol. The van der Waals surface area contributed by atoms with Gasteiger partial charge in [0.1, 0.15) is 0 Å². The molecule has 1 atom stereocenters. The molecule has 0 spiro atoms. The number of rotatable bonds is 4. The van der Waals surface area contributed by atoms with Gasteiger partial charge in [-0.2, -0.15) is 0 Å². The van der Waals surface area contributed by atoms with E-state index in [2.05, 4.69) is 24.1 Å². The minimum absolute atomic E-state index is 0.389. The Bertz CT molecular complexity index is 276. The molecule has 2 heterocycles. The topological polar surface area (TPSA) is 32.3 Å². The van der Waals surface area contributed by atoms with E-state index < -0.39 is 0 Å². The second kappa shape index (κ2) is 6.05. The molecule has 0 aromatic heterocycles. The Hall–Kier alpha value is -0.570. The Balaban J connectivity index is 1.70. The van der Waals surface area contributed by atoms with E-state index in [1.165, 1.54) is 25.7 Å². The zero-order chi connectivity index (χ0) is 13.0. The Morgan fingerprint density at radius 1 is 1.39 bits per heavy atom. The van der Waals surface area contributed by atoms with E-state index in [0.29, 0.717) is 11.3 Å². The summed E-state index contributed by atoms with van der Waals surface area (Å²) in [4.78, 5) is 14.3. The van der Waals surface area contributed by atoms with Gasteiger partial charge in [-0.15, -0.1) is 0 Å². The number of carbonyl (C=O) groups is 1. The predicted molar refractivity (Wildman–Crippen MR) is 74.4 cm³/mol. The molecule has 2 aliphatic rings. The van der Waals surface area contributed by atoms with E-state index in [0.717, 1.165) is 44.9 Å². The highest BCUT2D eigenvalue weighted by atomic mass is 16.2. The fraction of sp³-hybridized carbons (Fsp3) is 0.933. The van der Waals surface area contributed by atoms with E-state index >= 15 is 0 Å². The van der Waals surface area contributed by atoms with Gasteiger partial charge in [0.15, 0.2) is 0 Å². The molecule has 0 aromatic carbocycles. The lowest BCUT2D eigenvalue weighted by atomic mass is 9.78. The Morgan fingerprint density at radius 3 is 2.67 bits per heavy atom. The lowest BCUT2D eigenvalue weighted by Gasteiger charge is -2.39. The molecule has 2 fully saturated rings. The minimum Gasteiger partial charge on any atom is -0.343 e. The maximum atomic E-state index is 12.2. The highest BCUT2D eigenvalue weighted by Gasteiger charge is 2.30. The summed E-state index contributed by atoms with van der Waals surface area (Å²) in [5, 5.41) is 3.37. The number of piperidine rings is 1. The SMILES string of the molecule is CCC1(C)CCN(C(=O)CCC2CCNC2)CC1. The molecule has 3 heteroatoms. The molecule has 3 nitrogen and oxygen atoms in total. The van der Waals surface area contributed by atoms with Crippen LogP contribution in [0.4, 0.5) is 0 Å². The average molecular weight is 252 g/mol. The van der Waals surface area contributed by atoms with Crippen molar-refractivity contribution in [3.05, 3.63) is 0 Å². The Kier molecular flexibility index (Phi) is 4.66. The third kappa shape index (κ3) is 3.47. The second-order valence-electron chi connectivity index (χ2n) is 6.44. The Morgan fingerprint density at radius 2 is 2.11 bits per heavy atom. The van der Waals surface area contributed by atoms with Crippen molar-refractivity contribution in [1.82, 2.24) is 10.2 Å². The highest BCUT2D eigenvalue weighted by molar-refractivity contribution is 5.76. The normalized spacial score (nSPS) is 27.4. The number of hydrogen-bond donors (Lipinski definition) is 1. The van der Waals surface area contributed by atoms with Crippen LogP contribution in [-0.4, -0.2) is 37.0 Å². The third-order valence-corrected chi connectivity index (χ3v) is 5.11. The monoisotopic (exact) mass is 252 g/mol. The maximum Gasteiger partial charge on any atom is 0.222 e. The molecule has 2 rings (SSSR count). The number of amides is 1. The van der Waals surface area contributed by atoms with Crippen LogP contribution in [0, 0.1) is 11.3 Å². The van der Waals surface area contributed by atoms with Crippen molar-refractivity contribution in [2.45, 2.75) is 52.4 Å². The van der Waals surface area contributed by atoms with Crippen LogP contribution in [0.2, 0.25) is 0 Å². The standard InChI is InChI=1S/C15H28N2O/c1-3-15(2)7-10-17(11-8-15)14(18)5-4-13-6-9-16-12-13/h13,16H,3-12H2,1-2H3. The first-order valence-corrected chi connectivity index (χ1v) is 7.61. The summed E-state index contributed by atoms with van der Waals surface area (Å²) < 4.78 is 0. The zero-order valence-corrected chi connectivity index (χ0v) is 12.0. The minimum atomic E-state index is 0.389. The van der Waals surface area contributed by atoms with E-state index in [9.17, 15) is 4.79 Å². The van der Waals surface area contributed by atoms with Crippen molar-refractivity contribution in [1.29, 1.82) is 0 Å². The van der Waals surface area contributed by atoms with Gasteiger partial charge < -0.3 is 10.2 Å². The van der Waals surface area contributed by atoms with Crippen LogP contribution in [0.15, 0.2) is 0 Å². The van der Waals surface area contributed by atoms with Gasteiger partial charge in [0.25, 0.3) is 0 Å². The van der Waals surface area contributed by atoms with Crippen molar-refractivity contribution < 1.29 is 4.79 Å². The summed E-state index contributed by atoms with van der Waals surface area (Å²) in [6, 6.07) is 0. The molecule has 0 aliphatic carbocycles. The van der Waals surface area contributed by atoms with Crippen LogP contribution in [-0.2, 0) is 4.79 Å². The lowest BCUT2D eigenvalue weighted by Crippen LogP contribution is -2.42. The fourth-order valence-corrected chi connectivity index (χ4v) is 3.10. The summed E-state index contributed by atoms with van der Waals surface area (Å²) in [6.45, 7) is 8.83. The molecule has 18 heavy (non-hydrogen) atoms. The lowest BCUT2D eigenvalue weighted by molar-refractivity contribution is -0.133. The number of nitrogens with zero attached hydrogens (tertiary/aromatic N) is 1. The van der Waals surface area contributed by atoms with Crippen LogP contribution in [0.25, 0.3) is 0 Å². The zero-order valence-electron chi connectivity index (χ0n) is 12.0. The summed E-state index contributed by atoms with van der Waals surface area (Å²) in [7, 11) is 0. The second-order valence-corrected chi connectivity index (χ2v) is 6.44. The van der Waals surface area contributed by atoms with E-state index in [4.69, 9.17) is 0 Å². The largest absolute Gasteiger partial charge is 0.343 e. The first-order valence-electron chi connectivity index (χ1n) is 7.61. The van der Waals surface area contributed by atoms with Crippen LogP contribution >= 0.6 is 0 Å². The van der Waals surface area contributed by atoms with Crippen LogP contribution < -0.4 is 5.32 Å². The van der Waals surface area contributed by atoms with Gasteiger partial charge in [0.05, 0.1) is 0 Å².